The number of halogens is 1. The molecular weight excluding hydrogens is 220 g/mol. The summed E-state index contributed by atoms with van der Waals surface area (Å²) in [4.78, 5) is 7.85. The molecule has 0 aromatic carbocycles. The van der Waals surface area contributed by atoms with Crippen molar-refractivity contribution in [1.82, 2.24) is 9.97 Å². The van der Waals surface area contributed by atoms with Gasteiger partial charge in [-0.05, 0) is 29.8 Å². The van der Waals surface area contributed by atoms with Crippen molar-refractivity contribution < 1.29 is 4.42 Å². The van der Waals surface area contributed by atoms with E-state index in [1.54, 1.807) is 24.2 Å². The molecule has 0 aliphatic heterocycles. The minimum absolute atomic E-state index is 0.273. The molecule has 0 bridgehead atoms. The highest BCUT2D eigenvalue weighted by atomic mass is 35.5. The van der Waals surface area contributed by atoms with E-state index < -0.39 is 0 Å². The van der Waals surface area contributed by atoms with Gasteiger partial charge >= 0.3 is 0 Å². The predicted octanol–water partition coefficient (Wildman–Crippen LogP) is 3.02. The van der Waals surface area contributed by atoms with Gasteiger partial charge in [0.05, 0.1) is 12.0 Å². The van der Waals surface area contributed by atoms with Crippen molar-refractivity contribution in [2.75, 3.05) is 0 Å². The van der Waals surface area contributed by atoms with Crippen LogP contribution in [0.1, 0.15) is 5.76 Å². The first-order chi connectivity index (χ1) is 6.84. The Morgan fingerprint density at radius 2 is 2.36 bits per heavy atom. The van der Waals surface area contributed by atoms with Crippen LogP contribution in [0.5, 0.6) is 0 Å². The van der Waals surface area contributed by atoms with Crippen LogP contribution in [0.3, 0.4) is 0 Å². The molecule has 72 valence electrons. The second-order valence-electron chi connectivity index (χ2n) is 2.53. The van der Waals surface area contributed by atoms with Crippen molar-refractivity contribution in [2.45, 2.75) is 10.8 Å². The van der Waals surface area contributed by atoms with Crippen molar-refractivity contribution in [3.05, 3.63) is 41.7 Å². The first kappa shape index (κ1) is 9.55. The third-order valence-corrected chi connectivity index (χ3v) is 2.68. The minimum atomic E-state index is 0.273. The van der Waals surface area contributed by atoms with E-state index in [-0.39, 0.29) is 5.28 Å². The Labute approximate surface area is 90.5 Å². The fourth-order valence-corrected chi connectivity index (χ4v) is 1.90. The third kappa shape index (κ3) is 2.49. The Morgan fingerprint density at radius 3 is 3.07 bits per heavy atom. The molecule has 0 fully saturated rings. The SMILES string of the molecule is Clc1nccc(SCc2ccco2)n1. The molecule has 0 unspecified atom stereocenters. The van der Waals surface area contributed by atoms with Crippen molar-refractivity contribution in [1.29, 1.82) is 0 Å². The molecular formula is C9H7ClN2OS. The fraction of sp³-hybridized carbons (Fsp3) is 0.111. The lowest BCUT2D eigenvalue weighted by atomic mass is 10.5. The molecule has 0 saturated heterocycles. The molecule has 0 aliphatic carbocycles. The number of thioether (sulfide) groups is 1. The lowest BCUT2D eigenvalue weighted by Crippen LogP contribution is -1.84. The zero-order chi connectivity index (χ0) is 9.80. The summed E-state index contributed by atoms with van der Waals surface area (Å²) in [7, 11) is 0. The summed E-state index contributed by atoms with van der Waals surface area (Å²) in [5.74, 6) is 1.67. The molecule has 2 rings (SSSR count). The molecule has 2 heterocycles. The fourth-order valence-electron chi connectivity index (χ4n) is 0.940. The molecule has 0 saturated carbocycles. The lowest BCUT2D eigenvalue weighted by molar-refractivity contribution is 0.530. The number of hydrogen-bond acceptors (Lipinski definition) is 4. The summed E-state index contributed by atoms with van der Waals surface area (Å²) < 4.78 is 5.19. The van der Waals surface area contributed by atoms with E-state index in [1.165, 1.54) is 0 Å². The van der Waals surface area contributed by atoms with Crippen LogP contribution in [0, 0.1) is 0 Å². The van der Waals surface area contributed by atoms with Crippen molar-refractivity contribution >= 4 is 23.4 Å². The molecule has 5 heteroatoms. The Bertz CT molecular complexity index is 405. The van der Waals surface area contributed by atoms with Gasteiger partial charge in [-0.15, -0.1) is 0 Å². The van der Waals surface area contributed by atoms with Gasteiger partial charge in [-0.2, -0.15) is 0 Å². The Hall–Kier alpha value is -1.00. The van der Waals surface area contributed by atoms with Gasteiger partial charge in [0.15, 0.2) is 0 Å². The summed E-state index contributed by atoms with van der Waals surface area (Å²) in [6.45, 7) is 0. The minimum Gasteiger partial charge on any atom is -0.468 e. The number of aromatic nitrogens is 2. The van der Waals surface area contributed by atoms with E-state index >= 15 is 0 Å². The Balaban J connectivity index is 1.98. The van der Waals surface area contributed by atoms with E-state index in [0.29, 0.717) is 0 Å². The summed E-state index contributed by atoms with van der Waals surface area (Å²) in [6, 6.07) is 5.61. The van der Waals surface area contributed by atoms with Crippen LogP contribution in [0.2, 0.25) is 5.28 Å². The topological polar surface area (TPSA) is 38.9 Å². The van der Waals surface area contributed by atoms with Gasteiger partial charge in [0.1, 0.15) is 10.8 Å². The molecule has 0 radical (unpaired) electrons. The molecule has 3 nitrogen and oxygen atoms in total. The second kappa shape index (κ2) is 4.48. The van der Waals surface area contributed by atoms with Crippen LogP contribution in [-0.4, -0.2) is 9.97 Å². The van der Waals surface area contributed by atoms with Crippen LogP contribution in [0.4, 0.5) is 0 Å². The van der Waals surface area contributed by atoms with Gasteiger partial charge in [0.2, 0.25) is 5.28 Å². The summed E-state index contributed by atoms with van der Waals surface area (Å²) in [5, 5.41) is 1.12. The highest BCUT2D eigenvalue weighted by Crippen LogP contribution is 2.21. The van der Waals surface area contributed by atoms with Gasteiger partial charge in [-0.3, -0.25) is 0 Å². The summed E-state index contributed by atoms with van der Waals surface area (Å²) in [6.07, 6.45) is 3.29. The van der Waals surface area contributed by atoms with Crippen molar-refractivity contribution in [3.63, 3.8) is 0 Å². The smallest absolute Gasteiger partial charge is 0.223 e. The van der Waals surface area contributed by atoms with E-state index in [0.717, 1.165) is 16.5 Å². The number of rotatable bonds is 3. The summed E-state index contributed by atoms with van der Waals surface area (Å²) >= 11 is 7.21. The predicted molar refractivity (Wildman–Crippen MR) is 55.3 cm³/mol. The van der Waals surface area contributed by atoms with Crippen LogP contribution >= 0.6 is 23.4 Å². The zero-order valence-corrected chi connectivity index (χ0v) is 8.76. The molecule has 14 heavy (non-hydrogen) atoms. The Morgan fingerprint density at radius 1 is 1.43 bits per heavy atom. The van der Waals surface area contributed by atoms with Gasteiger partial charge in [-0.1, -0.05) is 11.8 Å². The quantitative estimate of drug-likeness (QED) is 0.458. The summed E-state index contributed by atoms with van der Waals surface area (Å²) in [5.41, 5.74) is 0. The van der Waals surface area contributed by atoms with E-state index in [2.05, 4.69) is 9.97 Å². The van der Waals surface area contributed by atoms with Gasteiger partial charge in [0, 0.05) is 6.20 Å². The normalized spacial score (nSPS) is 10.4. The molecule has 0 atom stereocenters. The van der Waals surface area contributed by atoms with Gasteiger partial charge in [-0.25, -0.2) is 9.97 Å². The molecule has 0 aliphatic rings. The maximum atomic E-state index is 5.65. The average Bonchev–Trinajstić information content (AvgIpc) is 2.67. The first-order valence-corrected chi connectivity index (χ1v) is 5.35. The van der Waals surface area contributed by atoms with Crippen LogP contribution in [0.15, 0.2) is 40.1 Å². The first-order valence-electron chi connectivity index (χ1n) is 3.98. The molecule has 2 aromatic heterocycles. The second-order valence-corrected chi connectivity index (χ2v) is 3.87. The largest absolute Gasteiger partial charge is 0.468 e. The van der Waals surface area contributed by atoms with E-state index in [9.17, 15) is 0 Å². The maximum Gasteiger partial charge on any atom is 0.223 e. The monoisotopic (exact) mass is 226 g/mol. The Kier molecular flexibility index (Phi) is 3.06. The number of furan rings is 1. The highest BCUT2D eigenvalue weighted by Gasteiger charge is 2.00. The molecule has 0 N–H and O–H groups in total. The third-order valence-electron chi connectivity index (χ3n) is 1.54. The van der Waals surface area contributed by atoms with E-state index in [4.69, 9.17) is 16.0 Å². The van der Waals surface area contributed by atoms with Crippen LogP contribution < -0.4 is 0 Å². The molecule has 2 aromatic rings. The average molecular weight is 227 g/mol. The zero-order valence-electron chi connectivity index (χ0n) is 7.18. The van der Waals surface area contributed by atoms with Crippen LogP contribution in [-0.2, 0) is 5.75 Å². The van der Waals surface area contributed by atoms with Crippen molar-refractivity contribution in [3.8, 4) is 0 Å². The lowest BCUT2D eigenvalue weighted by Gasteiger charge is -1.97. The van der Waals surface area contributed by atoms with Gasteiger partial charge < -0.3 is 4.42 Å². The standard InChI is InChI=1S/C9H7ClN2OS/c10-9-11-4-3-8(12-9)14-6-7-2-1-5-13-7/h1-5H,6H2. The highest BCUT2D eigenvalue weighted by molar-refractivity contribution is 7.98. The maximum absolute atomic E-state index is 5.65. The molecule has 0 amide bonds. The van der Waals surface area contributed by atoms with Crippen molar-refractivity contribution in [2.24, 2.45) is 0 Å². The van der Waals surface area contributed by atoms with Crippen LogP contribution in [0.25, 0.3) is 0 Å². The van der Waals surface area contributed by atoms with E-state index in [1.807, 2.05) is 18.2 Å². The number of hydrogen-bond donors (Lipinski definition) is 0. The van der Waals surface area contributed by atoms with Gasteiger partial charge in [0.25, 0.3) is 0 Å². The number of nitrogens with zero attached hydrogens (tertiary/aromatic N) is 2. The molecule has 0 spiro atoms.